The van der Waals surface area contributed by atoms with Crippen LogP contribution in [0.25, 0.3) is 10.6 Å². The first-order valence-corrected chi connectivity index (χ1v) is 13.0. The molecule has 184 valence electrons. The maximum atomic E-state index is 12.6. The number of aromatic nitrogens is 2. The number of carbonyl (C=O) groups excluding carboxylic acids is 1. The van der Waals surface area contributed by atoms with E-state index >= 15 is 0 Å². The summed E-state index contributed by atoms with van der Waals surface area (Å²) in [6.07, 6.45) is 3.31. The van der Waals surface area contributed by atoms with Crippen LogP contribution in [-0.4, -0.2) is 27.1 Å². The van der Waals surface area contributed by atoms with E-state index in [-0.39, 0.29) is 17.4 Å². The van der Waals surface area contributed by atoms with Gasteiger partial charge in [0, 0.05) is 23.8 Å². The molecule has 3 unspecified atom stereocenters. The third kappa shape index (κ3) is 5.96. The summed E-state index contributed by atoms with van der Waals surface area (Å²) in [5, 5.41) is 19.9. The third-order valence-corrected chi connectivity index (χ3v) is 8.13. The van der Waals surface area contributed by atoms with Crippen LogP contribution in [0.3, 0.4) is 0 Å². The van der Waals surface area contributed by atoms with E-state index in [9.17, 15) is 14.7 Å². The van der Waals surface area contributed by atoms with Gasteiger partial charge in [0.2, 0.25) is 0 Å². The smallest absolute Gasteiger partial charge is 0.335 e. The summed E-state index contributed by atoms with van der Waals surface area (Å²) in [6.45, 7) is 8.35. The fourth-order valence-electron chi connectivity index (χ4n) is 4.53. The molecule has 6 nitrogen and oxygen atoms in total. The zero-order chi connectivity index (χ0) is 25.1. The maximum Gasteiger partial charge on any atom is 0.335 e. The van der Waals surface area contributed by atoms with Crippen LogP contribution in [0.4, 0.5) is 0 Å². The van der Waals surface area contributed by atoms with Crippen LogP contribution in [0.1, 0.15) is 73.8 Å². The van der Waals surface area contributed by atoms with Crippen molar-refractivity contribution in [3.05, 3.63) is 58.6 Å². The zero-order valence-corrected chi connectivity index (χ0v) is 21.5. The van der Waals surface area contributed by atoms with E-state index in [1.54, 1.807) is 23.5 Å². The van der Waals surface area contributed by atoms with Gasteiger partial charge in [-0.2, -0.15) is 0 Å². The van der Waals surface area contributed by atoms with Gasteiger partial charge in [-0.15, -0.1) is 10.2 Å². The highest BCUT2D eigenvalue weighted by Gasteiger charge is 2.30. The van der Waals surface area contributed by atoms with E-state index in [0.717, 1.165) is 34.0 Å². The molecule has 0 saturated heterocycles. The molecule has 0 amide bonds. The highest BCUT2D eigenvalue weighted by Crippen LogP contribution is 2.36. The summed E-state index contributed by atoms with van der Waals surface area (Å²) in [5.74, 6) is 1.38. The number of ketones is 1. The molecule has 1 heterocycles. The van der Waals surface area contributed by atoms with E-state index < -0.39 is 5.97 Å². The fraction of sp³-hybridized carbons (Fsp3) is 0.429. The second-order valence-electron chi connectivity index (χ2n) is 9.96. The molecule has 35 heavy (non-hydrogen) atoms. The number of Topliss-reactive ketones (excluding diaryl/α,β-unsaturated/α-hetero) is 1. The van der Waals surface area contributed by atoms with Crippen molar-refractivity contribution >= 4 is 23.1 Å². The molecule has 1 N–H and O–H groups in total. The molecule has 3 aromatic rings. The molecule has 1 fully saturated rings. The minimum absolute atomic E-state index is 0.0196. The fourth-order valence-corrected chi connectivity index (χ4v) is 5.38. The van der Waals surface area contributed by atoms with Crippen LogP contribution in [0.5, 0.6) is 11.5 Å². The molecule has 2 aromatic carbocycles. The lowest BCUT2D eigenvalue weighted by atomic mass is 9.83. The summed E-state index contributed by atoms with van der Waals surface area (Å²) in [6, 6.07) is 12.6. The Hall–Kier alpha value is -3.06. The molecule has 1 aliphatic carbocycles. The molecule has 1 aliphatic rings. The average molecular weight is 493 g/mol. The topological polar surface area (TPSA) is 89.4 Å². The molecule has 0 bridgehead atoms. The van der Waals surface area contributed by atoms with Gasteiger partial charge in [0.15, 0.2) is 0 Å². The van der Waals surface area contributed by atoms with E-state index in [2.05, 4.69) is 31.0 Å². The second kappa shape index (κ2) is 10.7. The number of ether oxygens (including phenoxy) is 1. The molecule has 7 heteroatoms. The Morgan fingerprint density at radius 1 is 1.11 bits per heavy atom. The minimum atomic E-state index is -0.999. The Kier molecular flexibility index (Phi) is 7.65. The van der Waals surface area contributed by atoms with Gasteiger partial charge in [0.25, 0.3) is 0 Å². The van der Waals surface area contributed by atoms with Crippen LogP contribution in [-0.2, 0) is 11.2 Å². The lowest BCUT2D eigenvalue weighted by molar-refractivity contribution is -0.123. The Balaban J connectivity index is 1.57. The van der Waals surface area contributed by atoms with Gasteiger partial charge in [0.05, 0.1) is 5.56 Å². The van der Waals surface area contributed by atoms with E-state index in [4.69, 9.17) is 4.74 Å². The van der Waals surface area contributed by atoms with E-state index in [0.29, 0.717) is 42.0 Å². The molecular weight excluding hydrogens is 460 g/mol. The van der Waals surface area contributed by atoms with Gasteiger partial charge in [-0.1, -0.05) is 45.1 Å². The Bertz CT molecular complexity index is 1200. The monoisotopic (exact) mass is 492 g/mol. The van der Waals surface area contributed by atoms with Crippen molar-refractivity contribution in [1.29, 1.82) is 0 Å². The molecule has 1 aromatic heterocycles. The largest absolute Gasteiger partial charge is 0.478 e. The van der Waals surface area contributed by atoms with Crippen LogP contribution in [0.15, 0.2) is 42.5 Å². The first kappa shape index (κ1) is 25.0. The van der Waals surface area contributed by atoms with Gasteiger partial charge in [-0.3, -0.25) is 4.79 Å². The number of benzene rings is 2. The van der Waals surface area contributed by atoms with Crippen molar-refractivity contribution < 1.29 is 19.4 Å². The Labute approximate surface area is 210 Å². The SMILES string of the molecule is CC1CCC(Cc2ccc(C(=O)O)cc2Oc2ccc(-c3nnc(C(C)C)s3)cc2)C(C)C(=O)C1. The third-order valence-electron chi connectivity index (χ3n) is 6.85. The summed E-state index contributed by atoms with van der Waals surface area (Å²) < 4.78 is 6.21. The minimum Gasteiger partial charge on any atom is -0.478 e. The number of carboxylic acids is 1. The van der Waals surface area contributed by atoms with Crippen LogP contribution < -0.4 is 4.74 Å². The molecule has 0 radical (unpaired) electrons. The summed E-state index contributed by atoms with van der Waals surface area (Å²) in [7, 11) is 0. The molecule has 4 rings (SSSR count). The van der Waals surface area contributed by atoms with Crippen molar-refractivity contribution in [3.8, 4) is 22.1 Å². The van der Waals surface area contributed by atoms with Gasteiger partial charge in [0.1, 0.15) is 27.3 Å². The molecule has 1 saturated carbocycles. The second-order valence-corrected chi connectivity index (χ2v) is 11.0. The number of aromatic carboxylic acids is 1. The van der Waals surface area contributed by atoms with Crippen LogP contribution in [0.2, 0.25) is 0 Å². The average Bonchev–Trinajstić information content (AvgIpc) is 3.29. The number of rotatable bonds is 7. The maximum absolute atomic E-state index is 12.6. The van der Waals surface area contributed by atoms with Gasteiger partial charge in [-0.25, -0.2) is 4.79 Å². The molecule has 0 spiro atoms. The van der Waals surface area contributed by atoms with E-state index in [1.165, 1.54) is 0 Å². The molecule has 3 atom stereocenters. The van der Waals surface area contributed by atoms with Crippen molar-refractivity contribution in [2.75, 3.05) is 0 Å². The van der Waals surface area contributed by atoms with Gasteiger partial charge in [-0.05, 0) is 73.1 Å². The normalized spacial score (nSPS) is 20.6. The Morgan fingerprint density at radius 2 is 1.86 bits per heavy atom. The van der Waals surface area contributed by atoms with Crippen molar-refractivity contribution in [2.24, 2.45) is 17.8 Å². The summed E-state index contributed by atoms with van der Waals surface area (Å²) in [5.41, 5.74) is 2.05. The van der Waals surface area contributed by atoms with Gasteiger partial charge >= 0.3 is 5.97 Å². The number of hydrogen-bond donors (Lipinski definition) is 1. The molecular formula is C28H32N2O4S. The Morgan fingerprint density at radius 3 is 2.51 bits per heavy atom. The predicted molar refractivity (Wildman–Crippen MR) is 137 cm³/mol. The zero-order valence-electron chi connectivity index (χ0n) is 20.7. The number of carbonyl (C=O) groups is 2. The highest BCUT2D eigenvalue weighted by atomic mass is 32.1. The summed E-state index contributed by atoms with van der Waals surface area (Å²) in [4.78, 5) is 24.2. The lowest BCUT2D eigenvalue weighted by Crippen LogP contribution is -2.21. The highest BCUT2D eigenvalue weighted by molar-refractivity contribution is 7.14. The first-order valence-electron chi connectivity index (χ1n) is 12.2. The number of carboxylic acid groups (broad SMARTS) is 1. The lowest BCUT2D eigenvalue weighted by Gasteiger charge is -2.22. The van der Waals surface area contributed by atoms with Crippen molar-refractivity contribution in [2.45, 2.75) is 59.3 Å². The summed E-state index contributed by atoms with van der Waals surface area (Å²) >= 11 is 1.58. The van der Waals surface area contributed by atoms with Gasteiger partial charge < -0.3 is 9.84 Å². The van der Waals surface area contributed by atoms with Crippen LogP contribution in [0, 0.1) is 17.8 Å². The van der Waals surface area contributed by atoms with E-state index in [1.807, 2.05) is 37.3 Å². The quantitative estimate of drug-likeness (QED) is 0.357. The number of hydrogen-bond acceptors (Lipinski definition) is 6. The molecule has 0 aliphatic heterocycles. The van der Waals surface area contributed by atoms with Crippen molar-refractivity contribution in [1.82, 2.24) is 10.2 Å². The van der Waals surface area contributed by atoms with Crippen molar-refractivity contribution in [3.63, 3.8) is 0 Å². The standard InChI is InChI=1S/C28H32N2O4S/c1-16(2)26-29-30-27(35-26)19-9-11-23(12-10-19)34-25-15-22(28(32)33)8-7-21(25)14-20-6-5-17(3)13-24(31)18(20)4/h7-12,15-18,20H,5-6,13-14H2,1-4H3,(H,32,33). The first-order chi connectivity index (χ1) is 16.7. The predicted octanol–water partition coefficient (Wildman–Crippen LogP) is 7.00. The van der Waals surface area contributed by atoms with Crippen LogP contribution >= 0.6 is 11.3 Å². The number of nitrogens with zero attached hydrogens (tertiary/aromatic N) is 2.